The molecule has 3 heteroatoms. The summed E-state index contributed by atoms with van der Waals surface area (Å²) in [5, 5.41) is 3.33. The van der Waals surface area contributed by atoms with Gasteiger partial charge in [-0.2, -0.15) is 0 Å². The number of nitrogens with one attached hydrogen (secondary N) is 1. The van der Waals surface area contributed by atoms with E-state index in [0.29, 0.717) is 24.4 Å². The predicted molar refractivity (Wildman–Crippen MR) is 62.8 cm³/mol. The summed E-state index contributed by atoms with van der Waals surface area (Å²) in [5.74, 6) is 0.338. The minimum atomic E-state index is 0.338. The lowest BCUT2D eigenvalue weighted by Crippen LogP contribution is -2.33. The summed E-state index contributed by atoms with van der Waals surface area (Å²) in [5.41, 5.74) is 0. The van der Waals surface area contributed by atoms with Gasteiger partial charge in [0.25, 0.3) is 0 Å². The molecule has 0 saturated heterocycles. The molecule has 0 aromatic carbocycles. The fourth-order valence-corrected chi connectivity index (χ4v) is 1.80. The molecule has 0 heterocycles. The number of hydrogen-bond donors (Lipinski definition) is 1. The minimum absolute atomic E-state index is 0.338. The Bertz CT molecular complexity index is 200. The van der Waals surface area contributed by atoms with Crippen molar-refractivity contribution in [3.05, 3.63) is 0 Å². The molecule has 0 aliphatic heterocycles. The predicted octanol–water partition coefficient (Wildman–Crippen LogP) is 1.78. The molecule has 0 aromatic rings. The minimum Gasteiger partial charge on any atom is -0.340 e. The fourth-order valence-electron chi connectivity index (χ4n) is 1.80. The number of carbonyl (C=O) groups excluding carboxylic acids is 1. The molecule has 0 unspecified atom stereocenters. The van der Waals surface area contributed by atoms with Crippen molar-refractivity contribution in [2.75, 3.05) is 13.1 Å². The molecular weight excluding hydrogens is 188 g/mol. The van der Waals surface area contributed by atoms with Crippen LogP contribution in [0.5, 0.6) is 0 Å². The van der Waals surface area contributed by atoms with E-state index >= 15 is 0 Å². The van der Waals surface area contributed by atoms with Crippen molar-refractivity contribution >= 4 is 5.91 Å². The van der Waals surface area contributed by atoms with Gasteiger partial charge in [-0.3, -0.25) is 4.79 Å². The maximum absolute atomic E-state index is 11.8. The zero-order chi connectivity index (χ0) is 11.3. The Morgan fingerprint density at radius 1 is 1.47 bits per heavy atom. The number of nitrogens with zero attached hydrogens (tertiary/aromatic N) is 1. The van der Waals surface area contributed by atoms with E-state index in [1.807, 2.05) is 4.90 Å². The van der Waals surface area contributed by atoms with Gasteiger partial charge in [0.2, 0.25) is 5.91 Å². The van der Waals surface area contributed by atoms with Crippen LogP contribution in [0.1, 0.15) is 46.5 Å². The molecule has 1 saturated carbocycles. The molecule has 3 nitrogen and oxygen atoms in total. The topological polar surface area (TPSA) is 32.3 Å². The molecular formula is C12H24N2O. The monoisotopic (exact) mass is 212 g/mol. The van der Waals surface area contributed by atoms with Gasteiger partial charge in [0.05, 0.1) is 0 Å². The van der Waals surface area contributed by atoms with Crippen molar-refractivity contribution in [1.82, 2.24) is 10.2 Å². The first-order chi connectivity index (χ1) is 7.15. The zero-order valence-corrected chi connectivity index (χ0v) is 10.3. The highest BCUT2D eigenvalue weighted by Gasteiger charge is 2.30. The quantitative estimate of drug-likeness (QED) is 0.652. The molecule has 0 aromatic heterocycles. The second-order valence-corrected chi connectivity index (χ2v) is 4.62. The van der Waals surface area contributed by atoms with Gasteiger partial charge in [0, 0.05) is 25.0 Å². The third kappa shape index (κ3) is 4.65. The van der Waals surface area contributed by atoms with Crippen molar-refractivity contribution in [3.8, 4) is 0 Å². The molecule has 0 radical (unpaired) electrons. The van der Waals surface area contributed by atoms with E-state index in [-0.39, 0.29) is 0 Å². The zero-order valence-electron chi connectivity index (χ0n) is 10.3. The van der Waals surface area contributed by atoms with Crippen LogP contribution >= 0.6 is 0 Å². The number of amides is 1. The molecule has 0 atom stereocenters. The van der Waals surface area contributed by atoms with Crippen LogP contribution in [0, 0.1) is 0 Å². The lowest BCUT2D eigenvalue weighted by Gasteiger charge is -2.20. The van der Waals surface area contributed by atoms with Gasteiger partial charge < -0.3 is 10.2 Å². The van der Waals surface area contributed by atoms with Crippen LogP contribution in [0.3, 0.4) is 0 Å². The molecule has 1 fully saturated rings. The summed E-state index contributed by atoms with van der Waals surface area (Å²) >= 11 is 0. The number of hydrogen-bond acceptors (Lipinski definition) is 2. The molecule has 1 amide bonds. The van der Waals surface area contributed by atoms with Gasteiger partial charge in [-0.15, -0.1) is 0 Å². The molecule has 15 heavy (non-hydrogen) atoms. The SMILES string of the molecule is CCN(C(=O)CCCNC(C)C)C1CC1. The summed E-state index contributed by atoms with van der Waals surface area (Å²) < 4.78 is 0. The van der Waals surface area contributed by atoms with E-state index in [4.69, 9.17) is 0 Å². The molecule has 1 aliphatic carbocycles. The lowest BCUT2D eigenvalue weighted by atomic mass is 10.2. The summed E-state index contributed by atoms with van der Waals surface area (Å²) in [7, 11) is 0. The second kappa shape index (κ2) is 6.11. The molecule has 1 rings (SSSR count). The van der Waals surface area contributed by atoms with Crippen LogP contribution in [0.4, 0.5) is 0 Å². The van der Waals surface area contributed by atoms with Gasteiger partial charge in [0.15, 0.2) is 0 Å². The standard InChI is InChI=1S/C12H24N2O/c1-4-14(11-7-8-11)12(15)6-5-9-13-10(2)3/h10-11,13H,4-9H2,1-3H3. The van der Waals surface area contributed by atoms with Gasteiger partial charge in [-0.05, 0) is 32.7 Å². The van der Waals surface area contributed by atoms with E-state index in [1.165, 1.54) is 12.8 Å². The average molecular weight is 212 g/mol. The van der Waals surface area contributed by atoms with Crippen molar-refractivity contribution < 1.29 is 4.79 Å². The number of rotatable bonds is 7. The van der Waals surface area contributed by atoms with E-state index in [0.717, 1.165) is 19.5 Å². The van der Waals surface area contributed by atoms with Crippen molar-refractivity contribution in [1.29, 1.82) is 0 Å². The third-order valence-electron chi connectivity index (χ3n) is 2.77. The summed E-state index contributed by atoms with van der Waals surface area (Å²) in [6.45, 7) is 8.16. The smallest absolute Gasteiger partial charge is 0.222 e. The first-order valence-corrected chi connectivity index (χ1v) is 6.18. The van der Waals surface area contributed by atoms with Crippen LogP contribution in [-0.2, 0) is 4.79 Å². The maximum Gasteiger partial charge on any atom is 0.222 e. The molecule has 1 aliphatic rings. The van der Waals surface area contributed by atoms with E-state index < -0.39 is 0 Å². The fraction of sp³-hybridized carbons (Fsp3) is 0.917. The van der Waals surface area contributed by atoms with Crippen LogP contribution in [0.25, 0.3) is 0 Å². The molecule has 0 bridgehead atoms. The highest BCUT2D eigenvalue weighted by Crippen LogP contribution is 2.27. The van der Waals surface area contributed by atoms with Gasteiger partial charge in [-0.25, -0.2) is 0 Å². The largest absolute Gasteiger partial charge is 0.340 e. The van der Waals surface area contributed by atoms with E-state index in [9.17, 15) is 4.79 Å². The molecule has 1 N–H and O–H groups in total. The average Bonchev–Trinajstić information content (AvgIpc) is 2.97. The van der Waals surface area contributed by atoms with Crippen molar-refractivity contribution in [2.24, 2.45) is 0 Å². The van der Waals surface area contributed by atoms with Gasteiger partial charge >= 0.3 is 0 Å². The first-order valence-electron chi connectivity index (χ1n) is 6.18. The van der Waals surface area contributed by atoms with Crippen LogP contribution in [0.15, 0.2) is 0 Å². The first kappa shape index (κ1) is 12.5. The maximum atomic E-state index is 11.8. The van der Waals surface area contributed by atoms with Gasteiger partial charge in [-0.1, -0.05) is 13.8 Å². The third-order valence-corrected chi connectivity index (χ3v) is 2.77. The van der Waals surface area contributed by atoms with Crippen LogP contribution < -0.4 is 5.32 Å². The highest BCUT2D eigenvalue weighted by molar-refractivity contribution is 5.76. The Kier molecular flexibility index (Phi) is 5.09. The summed E-state index contributed by atoms with van der Waals surface area (Å²) in [4.78, 5) is 13.8. The van der Waals surface area contributed by atoms with Crippen molar-refractivity contribution in [3.63, 3.8) is 0 Å². The van der Waals surface area contributed by atoms with Crippen LogP contribution in [-0.4, -0.2) is 36.0 Å². The van der Waals surface area contributed by atoms with E-state index in [2.05, 4.69) is 26.1 Å². The number of carbonyl (C=O) groups is 1. The Labute approximate surface area is 93.2 Å². The second-order valence-electron chi connectivity index (χ2n) is 4.62. The molecule has 88 valence electrons. The Morgan fingerprint density at radius 2 is 2.13 bits per heavy atom. The van der Waals surface area contributed by atoms with Gasteiger partial charge in [0.1, 0.15) is 0 Å². The summed E-state index contributed by atoms with van der Waals surface area (Å²) in [6, 6.07) is 1.09. The van der Waals surface area contributed by atoms with Crippen molar-refractivity contribution in [2.45, 2.75) is 58.5 Å². The highest BCUT2D eigenvalue weighted by atomic mass is 16.2. The Hall–Kier alpha value is -0.570. The Morgan fingerprint density at radius 3 is 2.60 bits per heavy atom. The lowest BCUT2D eigenvalue weighted by molar-refractivity contribution is -0.131. The van der Waals surface area contributed by atoms with E-state index in [1.54, 1.807) is 0 Å². The normalized spacial score (nSPS) is 15.7. The summed E-state index contributed by atoms with van der Waals surface area (Å²) in [6.07, 6.45) is 4.08. The molecule has 0 spiro atoms. The Balaban J connectivity index is 2.11. The van der Waals surface area contributed by atoms with Crippen LogP contribution in [0.2, 0.25) is 0 Å².